The van der Waals surface area contributed by atoms with Crippen LogP contribution in [0.2, 0.25) is 4.34 Å². The van der Waals surface area contributed by atoms with Gasteiger partial charge in [0.05, 0.1) is 28.9 Å². The summed E-state index contributed by atoms with van der Waals surface area (Å²) >= 11 is 7.37. The summed E-state index contributed by atoms with van der Waals surface area (Å²) in [5.41, 5.74) is 0.931. The molecule has 0 N–H and O–H groups in total. The molecule has 8 nitrogen and oxygen atoms in total. The summed E-state index contributed by atoms with van der Waals surface area (Å²) in [5.74, 6) is -0.213. The van der Waals surface area contributed by atoms with Crippen molar-refractivity contribution in [2.45, 2.75) is 52.7 Å². The van der Waals surface area contributed by atoms with Crippen molar-refractivity contribution in [2.75, 3.05) is 42.6 Å². The molecule has 2 aliphatic rings. The lowest BCUT2D eigenvalue weighted by atomic mass is 9.80. The number of cyclic esters (lactones) is 1. The predicted octanol–water partition coefficient (Wildman–Crippen LogP) is 5.45. The quantitative estimate of drug-likeness (QED) is 0.461. The first-order valence-corrected chi connectivity index (χ1v) is 13.6. The predicted molar refractivity (Wildman–Crippen MR) is 146 cm³/mol. The van der Waals surface area contributed by atoms with Crippen LogP contribution in [0.1, 0.15) is 50.7 Å². The van der Waals surface area contributed by atoms with E-state index in [-0.39, 0.29) is 30.4 Å². The van der Waals surface area contributed by atoms with Crippen molar-refractivity contribution in [1.29, 1.82) is 0 Å². The maximum Gasteiger partial charge on any atom is 0.414 e. The Labute approximate surface area is 227 Å². The van der Waals surface area contributed by atoms with E-state index in [0.29, 0.717) is 34.6 Å². The second-order valence-electron chi connectivity index (χ2n) is 11.3. The Morgan fingerprint density at radius 2 is 1.70 bits per heavy atom. The number of halogens is 1. The summed E-state index contributed by atoms with van der Waals surface area (Å²) in [6, 6.07) is 10.7. The highest BCUT2D eigenvalue weighted by atomic mass is 35.5. The zero-order valence-corrected chi connectivity index (χ0v) is 23.5. The molecule has 0 bridgehead atoms. The van der Waals surface area contributed by atoms with Crippen LogP contribution < -0.4 is 9.80 Å². The minimum atomic E-state index is -0.494. The van der Waals surface area contributed by atoms with Gasteiger partial charge in [-0.05, 0) is 62.1 Å². The highest BCUT2D eigenvalue weighted by Gasteiger charge is 2.41. The van der Waals surface area contributed by atoms with Gasteiger partial charge in [-0.25, -0.2) is 4.79 Å². The van der Waals surface area contributed by atoms with E-state index in [4.69, 9.17) is 21.1 Å². The molecule has 37 heavy (non-hydrogen) atoms. The Morgan fingerprint density at radius 3 is 2.27 bits per heavy atom. The molecular formula is C27H34ClN3O5S. The Bertz CT molecular complexity index is 1160. The molecule has 2 fully saturated rings. The Morgan fingerprint density at radius 1 is 1.05 bits per heavy atom. The van der Waals surface area contributed by atoms with Gasteiger partial charge in [-0.3, -0.25) is 14.5 Å². The molecule has 10 heteroatoms. The second-order valence-corrected chi connectivity index (χ2v) is 13.0. The number of hydrogen-bond donors (Lipinski definition) is 0. The van der Waals surface area contributed by atoms with Gasteiger partial charge < -0.3 is 19.3 Å². The van der Waals surface area contributed by atoms with Gasteiger partial charge in [-0.15, -0.1) is 11.3 Å². The second kappa shape index (κ2) is 10.6. The van der Waals surface area contributed by atoms with Crippen LogP contribution in [0.15, 0.2) is 36.4 Å². The smallest absolute Gasteiger partial charge is 0.414 e. The molecule has 1 aromatic heterocycles. The molecule has 2 saturated heterocycles. The van der Waals surface area contributed by atoms with Gasteiger partial charge in [0, 0.05) is 23.5 Å². The first kappa shape index (κ1) is 27.4. The number of morpholine rings is 1. The van der Waals surface area contributed by atoms with E-state index in [0.717, 1.165) is 12.1 Å². The lowest BCUT2D eigenvalue weighted by Gasteiger charge is -2.43. The molecule has 1 aromatic carbocycles. The minimum Gasteiger partial charge on any atom is -0.442 e. The lowest BCUT2D eigenvalue weighted by molar-refractivity contribution is -0.125. The molecule has 0 unspecified atom stereocenters. The van der Waals surface area contributed by atoms with Crippen molar-refractivity contribution in [3.8, 4) is 0 Å². The topological polar surface area (TPSA) is 79.4 Å². The zero-order chi connectivity index (χ0) is 27.0. The molecule has 2 aliphatic heterocycles. The maximum atomic E-state index is 13.6. The maximum absolute atomic E-state index is 13.6. The fourth-order valence-electron chi connectivity index (χ4n) is 5.20. The Hall–Kier alpha value is -2.62. The van der Waals surface area contributed by atoms with Crippen molar-refractivity contribution < 1.29 is 23.9 Å². The molecule has 1 atom stereocenters. The molecule has 3 heterocycles. The van der Waals surface area contributed by atoms with Crippen LogP contribution >= 0.6 is 22.9 Å². The van der Waals surface area contributed by atoms with Gasteiger partial charge in [-0.1, -0.05) is 32.4 Å². The van der Waals surface area contributed by atoms with Crippen LogP contribution in [0, 0.1) is 5.41 Å². The van der Waals surface area contributed by atoms with Gasteiger partial charge in [0.25, 0.3) is 11.8 Å². The number of carbonyl (C=O) groups excluding carboxylic acids is 3. The average molecular weight is 548 g/mol. The van der Waals surface area contributed by atoms with Gasteiger partial charge in [0.1, 0.15) is 12.7 Å². The van der Waals surface area contributed by atoms with Crippen molar-refractivity contribution >= 4 is 52.2 Å². The van der Waals surface area contributed by atoms with E-state index in [1.54, 1.807) is 21.9 Å². The van der Waals surface area contributed by atoms with E-state index >= 15 is 0 Å². The number of amides is 3. The van der Waals surface area contributed by atoms with E-state index < -0.39 is 17.7 Å². The molecule has 0 radical (unpaired) electrons. The largest absolute Gasteiger partial charge is 0.442 e. The van der Waals surface area contributed by atoms with Crippen LogP contribution in [0.4, 0.5) is 16.2 Å². The van der Waals surface area contributed by atoms with Crippen molar-refractivity contribution in [2.24, 2.45) is 5.41 Å². The molecule has 2 aromatic rings. The molecule has 0 aliphatic carbocycles. The van der Waals surface area contributed by atoms with Gasteiger partial charge in [-0.2, -0.15) is 0 Å². The number of thiophene rings is 1. The number of benzene rings is 1. The SMILES string of the molecule is CC(C)(C)CC(C)(C)N(C[C@H]1CN(c2ccc(N3CCOCC3=O)cc2)C(=O)O1)C(=O)c1ccc(Cl)s1. The molecule has 4 rings (SSSR count). The van der Waals surface area contributed by atoms with Crippen LogP contribution in [0.3, 0.4) is 0 Å². The molecular weight excluding hydrogens is 514 g/mol. The van der Waals surface area contributed by atoms with E-state index in [2.05, 4.69) is 20.8 Å². The fraction of sp³-hybridized carbons (Fsp3) is 0.519. The van der Waals surface area contributed by atoms with E-state index in [1.807, 2.05) is 43.0 Å². The van der Waals surface area contributed by atoms with E-state index in [1.165, 1.54) is 11.3 Å². The summed E-state index contributed by atoms with van der Waals surface area (Å²) < 4.78 is 11.5. The number of carbonyl (C=O) groups is 3. The zero-order valence-electron chi connectivity index (χ0n) is 22.0. The highest BCUT2D eigenvalue weighted by molar-refractivity contribution is 7.18. The Balaban J connectivity index is 1.50. The highest BCUT2D eigenvalue weighted by Crippen LogP contribution is 2.35. The standard InChI is InChI=1S/C27H34ClN3O5S/c1-26(2,3)17-27(4,5)31(24(33)21-10-11-22(28)37-21)15-20-14-30(25(34)36-20)19-8-6-18(7-9-19)29-12-13-35-16-23(29)32/h6-11,20H,12-17H2,1-5H3/t20-/m1/s1. The van der Waals surface area contributed by atoms with Crippen LogP contribution in [0.5, 0.6) is 0 Å². The number of rotatable bonds is 7. The number of hydrogen-bond acceptors (Lipinski definition) is 6. The molecule has 3 amide bonds. The third-order valence-corrected chi connectivity index (χ3v) is 7.66. The molecule has 0 spiro atoms. The van der Waals surface area contributed by atoms with E-state index in [9.17, 15) is 14.4 Å². The third kappa shape index (κ3) is 6.45. The number of ether oxygens (including phenoxy) is 2. The monoisotopic (exact) mass is 547 g/mol. The normalized spacial score (nSPS) is 18.8. The van der Waals surface area contributed by atoms with Crippen LogP contribution in [0.25, 0.3) is 0 Å². The third-order valence-electron chi connectivity index (χ3n) is 6.44. The first-order valence-electron chi connectivity index (χ1n) is 12.4. The molecule has 200 valence electrons. The van der Waals surface area contributed by atoms with Crippen LogP contribution in [-0.2, 0) is 14.3 Å². The average Bonchev–Trinajstić information content (AvgIpc) is 3.41. The Kier molecular flexibility index (Phi) is 7.88. The van der Waals surface area contributed by atoms with Gasteiger partial charge in [0.15, 0.2) is 0 Å². The van der Waals surface area contributed by atoms with Crippen LogP contribution in [-0.4, -0.2) is 67.3 Å². The summed E-state index contributed by atoms with van der Waals surface area (Å²) in [6.07, 6.45) is -0.191. The summed E-state index contributed by atoms with van der Waals surface area (Å²) in [7, 11) is 0. The summed E-state index contributed by atoms with van der Waals surface area (Å²) in [4.78, 5) is 44.2. The minimum absolute atomic E-state index is 0.0167. The molecule has 0 saturated carbocycles. The summed E-state index contributed by atoms with van der Waals surface area (Å²) in [6.45, 7) is 12.2. The van der Waals surface area contributed by atoms with Crippen molar-refractivity contribution in [1.82, 2.24) is 4.90 Å². The van der Waals surface area contributed by atoms with Gasteiger partial charge >= 0.3 is 6.09 Å². The van der Waals surface area contributed by atoms with Crippen molar-refractivity contribution in [3.63, 3.8) is 0 Å². The van der Waals surface area contributed by atoms with Crippen molar-refractivity contribution in [3.05, 3.63) is 45.6 Å². The number of anilines is 2. The summed E-state index contributed by atoms with van der Waals surface area (Å²) in [5, 5.41) is 0. The number of nitrogens with zero attached hydrogens (tertiary/aromatic N) is 3. The first-order chi connectivity index (χ1) is 17.3. The lowest BCUT2D eigenvalue weighted by Crippen LogP contribution is -2.52. The van der Waals surface area contributed by atoms with Gasteiger partial charge in [0.2, 0.25) is 0 Å². The fourth-order valence-corrected chi connectivity index (χ4v) is 6.19.